The molecule has 1 unspecified atom stereocenters. The average Bonchev–Trinajstić information content (AvgIpc) is 2.99. The third-order valence-electron chi connectivity index (χ3n) is 4.83. The molecule has 0 saturated carbocycles. The predicted molar refractivity (Wildman–Crippen MR) is 120 cm³/mol. The van der Waals surface area contributed by atoms with Gasteiger partial charge in [-0.1, -0.05) is 6.92 Å². The Morgan fingerprint density at radius 2 is 1.89 bits per heavy atom. The van der Waals surface area contributed by atoms with E-state index >= 15 is 0 Å². The number of hydrogen-bond donors (Lipinski definition) is 1. The van der Waals surface area contributed by atoms with Gasteiger partial charge in [-0.3, -0.25) is 9.89 Å². The second-order valence-electron chi connectivity index (χ2n) is 6.69. The van der Waals surface area contributed by atoms with Crippen molar-refractivity contribution in [1.29, 1.82) is 0 Å². The second kappa shape index (κ2) is 11.5. The van der Waals surface area contributed by atoms with Gasteiger partial charge in [-0.15, -0.1) is 35.3 Å². The number of halogens is 4. The van der Waals surface area contributed by atoms with Crippen molar-refractivity contribution >= 4 is 41.3 Å². The minimum atomic E-state index is -4.18. The number of guanidine groups is 1. The van der Waals surface area contributed by atoms with E-state index in [4.69, 9.17) is 0 Å². The van der Waals surface area contributed by atoms with Crippen LogP contribution in [0.5, 0.6) is 0 Å². The fraction of sp³-hybridized carbons (Fsp3) is 0.778. The Morgan fingerprint density at radius 3 is 2.39 bits per heavy atom. The number of alkyl halides is 3. The van der Waals surface area contributed by atoms with Crippen LogP contribution in [0.4, 0.5) is 13.2 Å². The molecule has 2 heterocycles. The number of nitrogens with one attached hydrogen (secondary N) is 1. The van der Waals surface area contributed by atoms with E-state index in [1.807, 2.05) is 11.8 Å². The Labute approximate surface area is 186 Å². The third kappa shape index (κ3) is 7.01. The first kappa shape index (κ1) is 25.4. The summed E-state index contributed by atoms with van der Waals surface area (Å²) in [6.07, 6.45) is -2.45. The molecule has 1 aliphatic heterocycles. The zero-order valence-electron chi connectivity index (χ0n) is 17.0. The Morgan fingerprint density at radius 1 is 1.25 bits per heavy atom. The van der Waals surface area contributed by atoms with Gasteiger partial charge in [0.1, 0.15) is 6.04 Å². The summed E-state index contributed by atoms with van der Waals surface area (Å²) in [4.78, 5) is 14.1. The van der Waals surface area contributed by atoms with Crippen molar-refractivity contribution in [3.05, 3.63) is 15.6 Å². The normalized spacial score (nSPS) is 17.4. The van der Waals surface area contributed by atoms with Crippen molar-refractivity contribution < 1.29 is 13.2 Å². The summed E-state index contributed by atoms with van der Waals surface area (Å²) < 4.78 is 38.7. The fourth-order valence-electron chi connectivity index (χ4n) is 3.13. The van der Waals surface area contributed by atoms with Crippen LogP contribution in [0.2, 0.25) is 0 Å². The number of aryl methyl sites for hydroxylation is 2. The minimum absolute atomic E-state index is 0. The lowest BCUT2D eigenvalue weighted by Crippen LogP contribution is -2.56. The quantitative estimate of drug-likeness (QED) is 0.344. The molecule has 0 radical (unpaired) electrons. The molecular formula is C18H31F3IN5S. The molecule has 0 bridgehead atoms. The molecule has 0 aliphatic carbocycles. The van der Waals surface area contributed by atoms with Crippen LogP contribution in [0, 0.1) is 6.92 Å². The van der Waals surface area contributed by atoms with Gasteiger partial charge in [0.15, 0.2) is 5.96 Å². The molecule has 162 valence electrons. The molecule has 1 fully saturated rings. The highest BCUT2D eigenvalue weighted by atomic mass is 127. The number of rotatable bonds is 6. The van der Waals surface area contributed by atoms with E-state index in [0.717, 1.165) is 36.0 Å². The highest BCUT2D eigenvalue weighted by molar-refractivity contribution is 14.0. The molecule has 10 heteroatoms. The van der Waals surface area contributed by atoms with Gasteiger partial charge in [0.2, 0.25) is 0 Å². The SMILES string of the molecule is CCNC(=NCCc1nc(CC)c(C)s1)N1CCN(C(C)C(F)(F)F)CC1.I. The smallest absolute Gasteiger partial charge is 0.357 e. The summed E-state index contributed by atoms with van der Waals surface area (Å²) in [5.74, 6) is 0.779. The summed E-state index contributed by atoms with van der Waals surface area (Å²) >= 11 is 1.72. The maximum absolute atomic E-state index is 12.9. The molecule has 0 amide bonds. The van der Waals surface area contributed by atoms with Gasteiger partial charge in [0, 0.05) is 50.6 Å². The van der Waals surface area contributed by atoms with Crippen LogP contribution in [-0.4, -0.2) is 72.2 Å². The topological polar surface area (TPSA) is 43.8 Å². The zero-order valence-corrected chi connectivity index (χ0v) is 20.1. The third-order valence-corrected chi connectivity index (χ3v) is 5.90. The molecule has 1 aliphatic rings. The van der Waals surface area contributed by atoms with Gasteiger partial charge in [0.05, 0.1) is 10.7 Å². The van der Waals surface area contributed by atoms with Crippen molar-refractivity contribution in [3.63, 3.8) is 0 Å². The van der Waals surface area contributed by atoms with Crippen molar-refractivity contribution in [2.75, 3.05) is 39.3 Å². The highest BCUT2D eigenvalue weighted by Gasteiger charge is 2.41. The van der Waals surface area contributed by atoms with Gasteiger partial charge >= 0.3 is 6.18 Å². The molecule has 5 nitrogen and oxygen atoms in total. The Balaban J connectivity index is 0.00000392. The van der Waals surface area contributed by atoms with Crippen molar-refractivity contribution in [1.82, 2.24) is 20.1 Å². The number of piperazine rings is 1. The van der Waals surface area contributed by atoms with Gasteiger partial charge in [-0.05, 0) is 27.2 Å². The van der Waals surface area contributed by atoms with E-state index in [9.17, 15) is 13.2 Å². The number of thiazole rings is 1. The van der Waals surface area contributed by atoms with Crippen LogP contribution in [0.1, 0.15) is 36.3 Å². The van der Waals surface area contributed by atoms with Crippen molar-refractivity contribution in [2.45, 2.75) is 52.8 Å². The van der Waals surface area contributed by atoms with E-state index < -0.39 is 12.2 Å². The summed E-state index contributed by atoms with van der Waals surface area (Å²) in [5.41, 5.74) is 1.15. The summed E-state index contributed by atoms with van der Waals surface area (Å²) in [6, 6.07) is -1.40. The molecule has 1 saturated heterocycles. The largest absolute Gasteiger partial charge is 0.403 e. The molecule has 0 spiro atoms. The van der Waals surface area contributed by atoms with Crippen LogP contribution in [0.3, 0.4) is 0 Å². The van der Waals surface area contributed by atoms with Gasteiger partial charge < -0.3 is 10.2 Å². The van der Waals surface area contributed by atoms with Gasteiger partial charge in [-0.2, -0.15) is 13.2 Å². The molecule has 1 N–H and O–H groups in total. The van der Waals surface area contributed by atoms with Crippen LogP contribution in [-0.2, 0) is 12.8 Å². The molecule has 1 atom stereocenters. The molecule has 1 aromatic heterocycles. The predicted octanol–water partition coefficient (Wildman–Crippen LogP) is 3.71. The van der Waals surface area contributed by atoms with E-state index in [1.165, 1.54) is 16.7 Å². The molecule has 2 rings (SSSR count). The first-order chi connectivity index (χ1) is 12.8. The lowest BCUT2D eigenvalue weighted by molar-refractivity contribution is -0.181. The molecular weight excluding hydrogens is 502 g/mol. The van der Waals surface area contributed by atoms with Gasteiger partial charge in [-0.25, -0.2) is 4.98 Å². The maximum Gasteiger partial charge on any atom is 0.403 e. The fourth-order valence-corrected chi connectivity index (χ4v) is 4.14. The average molecular weight is 533 g/mol. The Bertz CT molecular complexity index is 627. The number of aromatic nitrogens is 1. The number of nitrogens with zero attached hydrogens (tertiary/aromatic N) is 4. The van der Waals surface area contributed by atoms with Crippen LogP contribution in [0.15, 0.2) is 4.99 Å². The molecule has 1 aromatic rings. The van der Waals surface area contributed by atoms with E-state index in [1.54, 1.807) is 11.3 Å². The van der Waals surface area contributed by atoms with E-state index in [-0.39, 0.29) is 24.0 Å². The lowest BCUT2D eigenvalue weighted by atomic mass is 10.2. The summed E-state index contributed by atoms with van der Waals surface area (Å²) in [6.45, 7) is 10.6. The summed E-state index contributed by atoms with van der Waals surface area (Å²) in [5, 5.41) is 4.35. The Hall–Kier alpha value is -0.620. The first-order valence-corrected chi connectivity index (χ1v) is 10.4. The highest BCUT2D eigenvalue weighted by Crippen LogP contribution is 2.25. The maximum atomic E-state index is 12.9. The second-order valence-corrected chi connectivity index (χ2v) is 7.98. The molecule has 0 aromatic carbocycles. The van der Waals surface area contributed by atoms with Crippen LogP contribution < -0.4 is 5.32 Å². The molecule has 28 heavy (non-hydrogen) atoms. The lowest BCUT2D eigenvalue weighted by Gasteiger charge is -2.39. The van der Waals surface area contributed by atoms with E-state index in [2.05, 4.69) is 29.1 Å². The number of hydrogen-bond acceptors (Lipinski definition) is 4. The van der Waals surface area contributed by atoms with E-state index in [0.29, 0.717) is 32.7 Å². The summed E-state index contributed by atoms with van der Waals surface area (Å²) in [7, 11) is 0. The van der Waals surface area contributed by atoms with Gasteiger partial charge in [0.25, 0.3) is 0 Å². The first-order valence-electron chi connectivity index (χ1n) is 9.55. The zero-order chi connectivity index (χ0) is 20.0. The number of aliphatic imine (C=N–C) groups is 1. The minimum Gasteiger partial charge on any atom is -0.357 e. The standard InChI is InChI=1S/C18H30F3N5S.HI/c1-5-15-13(3)27-16(24-15)7-8-23-17(22-6-2)26-11-9-25(10-12-26)14(4)18(19,20)21;/h14H,5-12H2,1-4H3,(H,22,23);1H. The van der Waals surface area contributed by atoms with Crippen LogP contribution in [0.25, 0.3) is 0 Å². The Kier molecular flexibility index (Phi) is 10.5. The monoisotopic (exact) mass is 533 g/mol. The van der Waals surface area contributed by atoms with Crippen molar-refractivity contribution in [3.8, 4) is 0 Å². The van der Waals surface area contributed by atoms with Crippen LogP contribution >= 0.6 is 35.3 Å². The van der Waals surface area contributed by atoms with Crippen molar-refractivity contribution in [2.24, 2.45) is 4.99 Å².